The van der Waals surface area contributed by atoms with Gasteiger partial charge in [-0.15, -0.1) is 11.3 Å². The van der Waals surface area contributed by atoms with E-state index < -0.39 is 0 Å². The van der Waals surface area contributed by atoms with E-state index in [1.165, 1.54) is 12.8 Å². The van der Waals surface area contributed by atoms with E-state index in [1.807, 2.05) is 0 Å². The Bertz CT molecular complexity index is 442. The third kappa shape index (κ3) is 3.15. The molecule has 1 saturated heterocycles. The zero-order valence-electron chi connectivity index (χ0n) is 12.2. The fraction of sp³-hybridized carbons (Fsp3) is 0.714. The molecule has 4 nitrogen and oxygen atoms in total. The molecule has 2 heterocycles. The molecule has 2 rings (SSSR count). The maximum atomic E-state index is 11.9. The molecule has 0 aliphatic carbocycles. The van der Waals surface area contributed by atoms with Gasteiger partial charge in [-0.2, -0.15) is 0 Å². The van der Waals surface area contributed by atoms with Gasteiger partial charge < -0.3 is 4.90 Å². The number of thiazole rings is 1. The Morgan fingerprint density at radius 3 is 2.84 bits per heavy atom. The topological polar surface area (TPSA) is 36.4 Å². The molecule has 1 aromatic heterocycles. The normalized spacial score (nSPS) is 20.8. The Labute approximate surface area is 119 Å². The zero-order chi connectivity index (χ0) is 14.0. The van der Waals surface area contributed by atoms with Crippen LogP contribution in [-0.2, 0) is 0 Å². The van der Waals surface area contributed by atoms with Gasteiger partial charge in [-0.3, -0.25) is 9.69 Å². The summed E-state index contributed by atoms with van der Waals surface area (Å²) in [6, 6.07) is 0.921. The van der Waals surface area contributed by atoms with Crippen molar-refractivity contribution >= 4 is 17.2 Å². The molecule has 0 bridgehead atoms. The summed E-state index contributed by atoms with van der Waals surface area (Å²) in [7, 11) is 3.56. The van der Waals surface area contributed by atoms with E-state index in [9.17, 15) is 4.79 Å². The van der Waals surface area contributed by atoms with Crippen LogP contribution in [0.2, 0.25) is 0 Å². The smallest absolute Gasteiger partial charge is 0.265 e. The molecular formula is C14H23N3OS. The Kier molecular flexibility index (Phi) is 4.58. The third-order valence-corrected chi connectivity index (χ3v) is 4.72. The second-order valence-corrected chi connectivity index (χ2v) is 6.67. The monoisotopic (exact) mass is 281 g/mol. The second-order valence-electron chi connectivity index (χ2n) is 5.61. The van der Waals surface area contributed by atoms with Crippen LogP contribution >= 0.6 is 11.3 Å². The first-order chi connectivity index (χ1) is 9.00. The van der Waals surface area contributed by atoms with Crippen LogP contribution in [0.4, 0.5) is 0 Å². The van der Waals surface area contributed by atoms with E-state index in [0.29, 0.717) is 12.1 Å². The van der Waals surface area contributed by atoms with E-state index >= 15 is 0 Å². The van der Waals surface area contributed by atoms with Crippen molar-refractivity contribution in [2.75, 3.05) is 20.6 Å². The average Bonchev–Trinajstić information content (AvgIpc) is 2.87. The van der Waals surface area contributed by atoms with E-state index in [0.717, 1.165) is 22.9 Å². The summed E-state index contributed by atoms with van der Waals surface area (Å²) in [5, 5.41) is 1.10. The molecule has 106 valence electrons. The second kappa shape index (κ2) is 6.01. The minimum absolute atomic E-state index is 0.0515. The molecule has 0 spiro atoms. The van der Waals surface area contributed by atoms with Crippen molar-refractivity contribution in [3.63, 3.8) is 0 Å². The maximum Gasteiger partial charge on any atom is 0.265 e. The molecule has 0 aromatic carbocycles. The molecule has 1 amide bonds. The molecule has 19 heavy (non-hydrogen) atoms. The molecule has 1 fully saturated rings. The quantitative estimate of drug-likeness (QED) is 0.855. The van der Waals surface area contributed by atoms with Crippen molar-refractivity contribution in [2.24, 2.45) is 0 Å². The number of carbonyl (C=O) groups is 1. The van der Waals surface area contributed by atoms with Crippen molar-refractivity contribution in [3.05, 3.63) is 16.1 Å². The van der Waals surface area contributed by atoms with Crippen LogP contribution in [0, 0.1) is 0 Å². The number of nitrogens with zero attached hydrogens (tertiary/aromatic N) is 3. The lowest BCUT2D eigenvalue weighted by Crippen LogP contribution is -2.38. The summed E-state index contributed by atoms with van der Waals surface area (Å²) in [5.41, 5.74) is 0. The first-order valence-corrected chi connectivity index (χ1v) is 7.75. The number of amides is 1. The number of rotatable bonds is 3. The van der Waals surface area contributed by atoms with E-state index in [2.05, 4.69) is 23.7 Å². The van der Waals surface area contributed by atoms with Gasteiger partial charge in [0.2, 0.25) is 0 Å². The molecule has 0 N–H and O–H groups in total. The summed E-state index contributed by atoms with van der Waals surface area (Å²) >= 11 is 1.55. The lowest BCUT2D eigenvalue weighted by atomic mass is 10.0. The highest BCUT2D eigenvalue weighted by Gasteiger charge is 2.28. The van der Waals surface area contributed by atoms with Gasteiger partial charge in [0.25, 0.3) is 5.91 Å². The molecule has 0 saturated carbocycles. The van der Waals surface area contributed by atoms with E-state index in [1.54, 1.807) is 36.5 Å². The number of piperidine rings is 1. The van der Waals surface area contributed by atoms with Crippen LogP contribution in [-0.4, -0.2) is 47.4 Å². The fourth-order valence-electron chi connectivity index (χ4n) is 2.60. The van der Waals surface area contributed by atoms with E-state index in [-0.39, 0.29) is 5.91 Å². The standard InChI is InChI=1S/C14H23N3OS/c1-10(2)17-8-6-5-7-11(17)13-15-9-12(19-13)14(18)16(3)4/h9-11H,5-8H2,1-4H3. The van der Waals surface area contributed by atoms with Crippen molar-refractivity contribution < 1.29 is 4.79 Å². The summed E-state index contributed by atoms with van der Waals surface area (Å²) in [6.45, 7) is 5.61. The van der Waals surface area contributed by atoms with Crippen LogP contribution in [0.1, 0.15) is 53.8 Å². The summed E-state index contributed by atoms with van der Waals surface area (Å²) in [5.74, 6) is 0.0515. The van der Waals surface area contributed by atoms with Crippen molar-refractivity contribution in [1.82, 2.24) is 14.8 Å². The van der Waals surface area contributed by atoms with Gasteiger partial charge in [0.15, 0.2) is 0 Å². The molecule has 5 heteroatoms. The molecule has 1 atom stereocenters. The SMILES string of the molecule is CC(C)N1CCCCC1c1ncc(C(=O)N(C)C)s1. The molecule has 1 aromatic rings. The molecule has 1 aliphatic heterocycles. The van der Waals surface area contributed by atoms with Crippen LogP contribution in [0.25, 0.3) is 0 Å². The lowest BCUT2D eigenvalue weighted by molar-refractivity contribution is 0.0832. The first-order valence-electron chi connectivity index (χ1n) is 6.94. The maximum absolute atomic E-state index is 11.9. The number of hydrogen-bond donors (Lipinski definition) is 0. The van der Waals surface area contributed by atoms with Crippen LogP contribution in [0.5, 0.6) is 0 Å². The van der Waals surface area contributed by atoms with Crippen molar-refractivity contribution in [2.45, 2.75) is 45.2 Å². The fourth-order valence-corrected chi connectivity index (χ4v) is 3.69. The minimum atomic E-state index is 0.0515. The number of aromatic nitrogens is 1. The van der Waals surface area contributed by atoms with Gasteiger partial charge in [-0.1, -0.05) is 6.42 Å². The largest absolute Gasteiger partial charge is 0.344 e. The van der Waals surface area contributed by atoms with Gasteiger partial charge in [0, 0.05) is 20.1 Å². The Morgan fingerprint density at radius 1 is 1.47 bits per heavy atom. The van der Waals surface area contributed by atoms with Crippen molar-refractivity contribution in [1.29, 1.82) is 0 Å². The number of hydrogen-bond acceptors (Lipinski definition) is 4. The highest BCUT2D eigenvalue weighted by atomic mass is 32.1. The zero-order valence-corrected chi connectivity index (χ0v) is 13.0. The van der Waals surface area contributed by atoms with Gasteiger partial charge >= 0.3 is 0 Å². The van der Waals surface area contributed by atoms with Gasteiger partial charge in [0.05, 0.1) is 12.2 Å². The van der Waals surface area contributed by atoms with Gasteiger partial charge in [-0.25, -0.2) is 4.98 Å². The average molecular weight is 281 g/mol. The van der Waals surface area contributed by atoms with Gasteiger partial charge in [-0.05, 0) is 33.2 Å². The number of likely N-dealkylation sites (tertiary alicyclic amines) is 1. The molecule has 1 aliphatic rings. The molecule has 1 unspecified atom stereocenters. The summed E-state index contributed by atoms with van der Waals surface area (Å²) in [6.07, 6.45) is 5.41. The summed E-state index contributed by atoms with van der Waals surface area (Å²) in [4.78, 5) is 21.3. The highest BCUT2D eigenvalue weighted by Crippen LogP contribution is 2.34. The van der Waals surface area contributed by atoms with E-state index in [4.69, 9.17) is 0 Å². The minimum Gasteiger partial charge on any atom is -0.344 e. The Morgan fingerprint density at radius 2 is 2.21 bits per heavy atom. The van der Waals surface area contributed by atoms with Gasteiger partial charge in [0.1, 0.15) is 9.88 Å². The van der Waals surface area contributed by atoms with Crippen LogP contribution in [0.15, 0.2) is 6.20 Å². The number of carbonyl (C=O) groups excluding carboxylic acids is 1. The Hall–Kier alpha value is -0.940. The predicted octanol–water partition coefficient (Wildman–Crippen LogP) is 2.78. The predicted molar refractivity (Wildman–Crippen MR) is 78.6 cm³/mol. The molecular weight excluding hydrogens is 258 g/mol. The highest BCUT2D eigenvalue weighted by molar-refractivity contribution is 7.13. The van der Waals surface area contributed by atoms with Crippen LogP contribution < -0.4 is 0 Å². The summed E-state index contributed by atoms with van der Waals surface area (Å²) < 4.78 is 0. The molecule has 0 radical (unpaired) electrons. The van der Waals surface area contributed by atoms with Crippen molar-refractivity contribution in [3.8, 4) is 0 Å². The lowest BCUT2D eigenvalue weighted by Gasteiger charge is -2.37. The first kappa shape index (κ1) is 14.5. The Balaban J connectivity index is 2.18. The van der Waals surface area contributed by atoms with Crippen LogP contribution in [0.3, 0.4) is 0 Å². The third-order valence-electron chi connectivity index (χ3n) is 3.63.